The molecule has 0 bridgehead atoms. The third-order valence-electron chi connectivity index (χ3n) is 9.54. The molecular weight excluding hydrogens is 814 g/mol. The summed E-state index contributed by atoms with van der Waals surface area (Å²) in [6.45, 7) is 3.60. The fourth-order valence-electron chi connectivity index (χ4n) is 6.63. The Bertz CT molecular complexity index is 2240. The minimum absolute atomic E-state index is 0.0816. The molecule has 2 aliphatic heterocycles. The summed E-state index contributed by atoms with van der Waals surface area (Å²) >= 11 is 5.08. The number of nitrogens with zero attached hydrogens (tertiary/aromatic N) is 1. The molecule has 2 aliphatic rings. The number of carbonyl (C=O) groups excluding carboxylic acids is 4. The molecule has 3 heterocycles. The van der Waals surface area contributed by atoms with Crippen LogP contribution in [0.2, 0.25) is 0 Å². The molecule has 14 heteroatoms. The number of hydrogen-bond acceptors (Lipinski definition) is 11. The maximum atomic E-state index is 13.0. The zero-order valence-corrected chi connectivity index (χ0v) is 33.5. The lowest BCUT2D eigenvalue weighted by atomic mass is 10.0. The van der Waals surface area contributed by atoms with Gasteiger partial charge in [-0.1, -0.05) is 28.1 Å². The second-order valence-corrected chi connectivity index (χ2v) is 15.6. The molecule has 0 spiro atoms. The quantitative estimate of drug-likeness (QED) is 0.0546. The van der Waals surface area contributed by atoms with Gasteiger partial charge in [0.05, 0.1) is 22.6 Å². The summed E-state index contributed by atoms with van der Waals surface area (Å²) in [4.78, 5) is 51.6. The monoisotopic (exact) mass is 855 g/mol. The zero-order chi connectivity index (χ0) is 39.7. The second kappa shape index (κ2) is 18.8. The van der Waals surface area contributed by atoms with Crippen molar-refractivity contribution < 1.29 is 43.2 Å². The van der Waals surface area contributed by atoms with E-state index in [0.29, 0.717) is 51.0 Å². The summed E-state index contributed by atoms with van der Waals surface area (Å²) < 4.78 is 25.8. The van der Waals surface area contributed by atoms with E-state index < -0.39 is 29.7 Å². The number of imide groups is 2. The maximum absolute atomic E-state index is 13.0. The molecule has 1 fully saturated rings. The third kappa shape index (κ3) is 9.82. The average molecular weight is 857 g/mol. The van der Waals surface area contributed by atoms with E-state index in [4.69, 9.17) is 18.9 Å². The van der Waals surface area contributed by atoms with Crippen molar-refractivity contribution in [3.8, 4) is 33.4 Å². The first-order chi connectivity index (χ1) is 27.7. The van der Waals surface area contributed by atoms with Crippen LogP contribution in [-0.4, -0.2) is 79.3 Å². The Balaban J connectivity index is 0.735. The molecule has 0 radical (unpaired) electrons. The van der Waals surface area contributed by atoms with Gasteiger partial charge < -0.3 is 29.4 Å². The van der Waals surface area contributed by atoms with Crippen LogP contribution in [0.15, 0.2) is 89.4 Å². The van der Waals surface area contributed by atoms with Crippen molar-refractivity contribution in [1.82, 2.24) is 10.2 Å². The van der Waals surface area contributed by atoms with Gasteiger partial charge in [-0.25, -0.2) is 0 Å². The number of anilines is 1. The van der Waals surface area contributed by atoms with Crippen molar-refractivity contribution in [2.75, 3.05) is 44.9 Å². The first kappa shape index (κ1) is 39.9. The van der Waals surface area contributed by atoms with Crippen molar-refractivity contribution in [3.05, 3.63) is 101 Å². The minimum atomic E-state index is -0.983. The number of aromatic hydroxyl groups is 1. The van der Waals surface area contributed by atoms with Crippen LogP contribution in [0.5, 0.6) is 23.0 Å². The van der Waals surface area contributed by atoms with Crippen molar-refractivity contribution in [2.45, 2.75) is 44.6 Å². The summed E-state index contributed by atoms with van der Waals surface area (Å²) in [6, 6.07) is 25.0. The number of benzene rings is 4. The van der Waals surface area contributed by atoms with E-state index >= 15 is 0 Å². The number of ether oxygens (including phenoxy) is 4. The number of nitrogens with one attached hydrogen (secondary N) is 2. The molecule has 0 aliphatic carbocycles. The van der Waals surface area contributed by atoms with Crippen LogP contribution in [-0.2, 0) is 19.1 Å². The Kier molecular flexibility index (Phi) is 13.2. The van der Waals surface area contributed by atoms with E-state index in [9.17, 15) is 24.3 Å². The number of unbranched alkanes of at least 4 members (excludes halogenated alkanes) is 1. The highest BCUT2D eigenvalue weighted by atomic mass is 79.9. The zero-order valence-electron chi connectivity index (χ0n) is 31.1. The number of hydrogen-bond donors (Lipinski definition) is 3. The number of piperidine rings is 1. The van der Waals surface area contributed by atoms with E-state index in [1.165, 1.54) is 0 Å². The van der Waals surface area contributed by atoms with E-state index in [1.807, 2.05) is 54.6 Å². The lowest BCUT2D eigenvalue weighted by Crippen LogP contribution is -2.54. The molecule has 296 valence electrons. The van der Waals surface area contributed by atoms with Gasteiger partial charge in [0.15, 0.2) is 5.75 Å². The van der Waals surface area contributed by atoms with Gasteiger partial charge in [-0.15, -0.1) is 11.3 Å². The number of rotatable bonds is 19. The molecule has 1 unspecified atom stereocenters. The SMILES string of the molecule is O=C1CCC(N2C(=O)c3ccc(NCCCOCCCOCCCCOc4ccc(Oc5c(-c6ccc(Br)cc6)sc6cc(O)ccc56)cc4)cc3C2=O)C(=O)N1. The topological polar surface area (TPSA) is 153 Å². The molecular formula is C43H42BrN3O9S. The number of phenolic OH excluding ortho intramolecular Hbond substituents is 1. The van der Waals surface area contributed by atoms with Crippen molar-refractivity contribution in [2.24, 2.45) is 0 Å². The largest absolute Gasteiger partial charge is 0.508 e. The lowest BCUT2D eigenvalue weighted by molar-refractivity contribution is -0.136. The summed E-state index contributed by atoms with van der Waals surface area (Å²) in [7, 11) is 0. The fraction of sp³-hybridized carbons (Fsp3) is 0.302. The van der Waals surface area contributed by atoms with Crippen molar-refractivity contribution in [1.29, 1.82) is 0 Å². The van der Waals surface area contributed by atoms with E-state index in [0.717, 1.165) is 67.1 Å². The third-order valence-corrected chi connectivity index (χ3v) is 11.3. The Morgan fingerprint density at radius 1 is 0.772 bits per heavy atom. The number of phenols is 1. The molecule has 1 aromatic heterocycles. The molecule has 3 N–H and O–H groups in total. The second-order valence-electron chi connectivity index (χ2n) is 13.6. The number of amides is 4. The molecule has 7 rings (SSSR count). The average Bonchev–Trinajstić information content (AvgIpc) is 3.67. The van der Waals surface area contributed by atoms with Crippen LogP contribution in [0, 0.1) is 0 Å². The Labute approximate surface area is 342 Å². The Morgan fingerprint density at radius 2 is 1.47 bits per heavy atom. The Morgan fingerprint density at radius 3 is 2.25 bits per heavy atom. The maximum Gasteiger partial charge on any atom is 0.262 e. The summed E-state index contributed by atoms with van der Waals surface area (Å²) in [5.74, 6) is 0.352. The molecule has 5 aromatic rings. The number of halogens is 1. The summed E-state index contributed by atoms with van der Waals surface area (Å²) in [6.07, 6.45) is 3.48. The summed E-state index contributed by atoms with van der Waals surface area (Å²) in [5.41, 5.74) is 2.23. The van der Waals surface area contributed by atoms with Crippen LogP contribution in [0.4, 0.5) is 5.69 Å². The molecule has 4 aromatic carbocycles. The van der Waals surface area contributed by atoms with Crippen LogP contribution >= 0.6 is 27.3 Å². The molecule has 4 amide bonds. The van der Waals surface area contributed by atoms with Gasteiger partial charge in [-0.3, -0.25) is 29.4 Å². The highest BCUT2D eigenvalue weighted by Gasteiger charge is 2.44. The molecule has 1 atom stereocenters. The molecule has 1 saturated heterocycles. The minimum Gasteiger partial charge on any atom is -0.508 e. The standard InChI is InChI=1S/C43H42BrN3O9S/c44-28-7-5-27(6-8-28)40-39(34-16-10-30(48)26-37(34)57-40)56-32-13-11-31(12-14-32)55-24-2-1-20-53-22-4-23-54-21-3-19-45-29-9-15-33-35(25-29)43(52)47(42(33)51)36-17-18-38(49)46-41(36)50/h5-16,25-26,36,45,48H,1-4,17-24H2,(H,46,49,50). The predicted octanol–water partition coefficient (Wildman–Crippen LogP) is 8.31. The van der Waals surface area contributed by atoms with Gasteiger partial charge in [0.2, 0.25) is 11.8 Å². The van der Waals surface area contributed by atoms with Crippen LogP contribution in [0.1, 0.15) is 59.2 Å². The highest BCUT2D eigenvalue weighted by Crippen LogP contribution is 2.47. The molecule has 57 heavy (non-hydrogen) atoms. The van der Waals surface area contributed by atoms with Gasteiger partial charge >= 0.3 is 0 Å². The van der Waals surface area contributed by atoms with Gasteiger partial charge in [0.1, 0.15) is 23.3 Å². The van der Waals surface area contributed by atoms with Crippen LogP contribution in [0.25, 0.3) is 20.5 Å². The van der Waals surface area contributed by atoms with E-state index in [-0.39, 0.29) is 29.7 Å². The van der Waals surface area contributed by atoms with Crippen molar-refractivity contribution in [3.63, 3.8) is 0 Å². The van der Waals surface area contributed by atoms with Gasteiger partial charge in [-0.05, 0) is 110 Å². The van der Waals surface area contributed by atoms with E-state index in [1.54, 1.807) is 41.7 Å². The first-order valence-corrected chi connectivity index (χ1v) is 20.5. The number of carbonyl (C=O) groups is 4. The first-order valence-electron chi connectivity index (χ1n) is 18.9. The van der Waals surface area contributed by atoms with Gasteiger partial charge in [0.25, 0.3) is 11.8 Å². The molecule has 0 saturated carbocycles. The van der Waals surface area contributed by atoms with Crippen LogP contribution in [0.3, 0.4) is 0 Å². The van der Waals surface area contributed by atoms with Crippen molar-refractivity contribution >= 4 is 66.7 Å². The normalized spacial score (nSPS) is 15.2. The van der Waals surface area contributed by atoms with Gasteiger partial charge in [0, 0.05) is 59.6 Å². The Hall–Kier alpha value is -5.28. The number of thiophene rings is 1. The van der Waals surface area contributed by atoms with Crippen LogP contribution < -0.4 is 20.1 Å². The van der Waals surface area contributed by atoms with Gasteiger partial charge in [-0.2, -0.15) is 0 Å². The smallest absolute Gasteiger partial charge is 0.262 e. The number of fused-ring (bicyclic) bond motifs is 2. The predicted molar refractivity (Wildman–Crippen MR) is 220 cm³/mol. The fourth-order valence-corrected chi connectivity index (χ4v) is 8.06. The van der Waals surface area contributed by atoms with E-state index in [2.05, 4.69) is 26.6 Å². The summed E-state index contributed by atoms with van der Waals surface area (Å²) in [5, 5.41) is 16.4. The molecule has 12 nitrogen and oxygen atoms in total. The lowest BCUT2D eigenvalue weighted by Gasteiger charge is -2.27. The highest BCUT2D eigenvalue weighted by molar-refractivity contribution is 9.10.